The van der Waals surface area contributed by atoms with Crippen molar-refractivity contribution >= 4 is 10.9 Å². The van der Waals surface area contributed by atoms with Crippen molar-refractivity contribution in [1.82, 2.24) is 9.97 Å². The van der Waals surface area contributed by atoms with Crippen LogP contribution in [0.1, 0.15) is 38.7 Å². The molecule has 1 unspecified atom stereocenters. The fourth-order valence-corrected chi connectivity index (χ4v) is 2.07. The van der Waals surface area contributed by atoms with E-state index in [4.69, 9.17) is 0 Å². The van der Waals surface area contributed by atoms with Crippen LogP contribution in [0.3, 0.4) is 0 Å². The number of hydrogen-bond acceptors (Lipinski definition) is 3. The predicted octanol–water partition coefficient (Wildman–Crippen LogP) is 2.32. The van der Waals surface area contributed by atoms with Gasteiger partial charge in [0.15, 0.2) is 0 Å². The molecule has 0 bridgehead atoms. The Bertz CT molecular complexity index is 602. The van der Waals surface area contributed by atoms with E-state index in [0.717, 1.165) is 18.4 Å². The molecule has 1 heterocycles. The summed E-state index contributed by atoms with van der Waals surface area (Å²) in [7, 11) is 0. The Kier molecular flexibility index (Phi) is 3.48. The second-order valence-corrected chi connectivity index (χ2v) is 4.84. The minimum absolute atomic E-state index is 0.173. The van der Waals surface area contributed by atoms with Gasteiger partial charge in [-0.2, -0.15) is 0 Å². The van der Waals surface area contributed by atoms with Gasteiger partial charge in [0.05, 0.1) is 22.8 Å². The molecule has 0 aliphatic heterocycles. The molecular formula is C14H18N2O2. The number of hydrogen-bond donors (Lipinski definition) is 2. The normalized spacial score (nSPS) is 14.6. The van der Waals surface area contributed by atoms with Crippen LogP contribution in [0.4, 0.5) is 0 Å². The van der Waals surface area contributed by atoms with Gasteiger partial charge in [-0.15, -0.1) is 0 Å². The van der Waals surface area contributed by atoms with Gasteiger partial charge < -0.3 is 10.1 Å². The minimum Gasteiger partial charge on any atom is -0.385 e. The second-order valence-electron chi connectivity index (χ2n) is 4.84. The van der Waals surface area contributed by atoms with E-state index in [1.54, 1.807) is 19.1 Å². The van der Waals surface area contributed by atoms with Gasteiger partial charge in [-0.3, -0.25) is 4.79 Å². The number of aromatic amines is 1. The summed E-state index contributed by atoms with van der Waals surface area (Å²) in [5.74, 6) is 0. The fourth-order valence-electron chi connectivity index (χ4n) is 2.07. The van der Waals surface area contributed by atoms with Crippen LogP contribution in [0, 0.1) is 0 Å². The average molecular weight is 246 g/mol. The molecule has 2 N–H and O–H groups in total. The van der Waals surface area contributed by atoms with Crippen LogP contribution in [0.2, 0.25) is 0 Å². The largest absolute Gasteiger partial charge is 0.385 e. The van der Waals surface area contributed by atoms with Crippen LogP contribution in [-0.2, 0) is 5.60 Å². The third-order valence-corrected chi connectivity index (χ3v) is 3.28. The Morgan fingerprint density at radius 3 is 2.94 bits per heavy atom. The molecule has 0 radical (unpaired) electrons. The van der Waals surface area contributed by atoms with Gasteiger partial charge in [-0.25, -0.2) is 4.98 Å². The summed E-state index contributed by atoms with van der Waals surface area (Å²) in [6.07, 6.45) is 4.06. The van der Waals surface area contributed by atoms with Crippen molar-refractivity contribution in [2.24, 2.45) is 0 Å². The molecule has 96 valence electrons. The zero-order chi connectivity index (χ0) is 13.2. The van der Waals surface area contributed by atoms with Crippen molar-refractivity contribution in [3.8, 4) is 0 Å². The lowest BCUT2D eigenvalue weighted by atomic mass is 9.90. The standard InChI is InChI=1S/C14H18N2O2/c1-3-4-7-14(2,18)10-5-6-12-11(8-10)13(17)16-9-15-12/h5-6,8-9,18H,3-4,7H2,1-2H3,(H,15,16,17). The lowest BCUT2D eigenvalue weighted by Crippen LogP contribution is -2.21. The highest BCUT2D eigenvalue weighted by Gasteiger charge is 2.22. The molecule has 0 spiro atoms. The second kappa shape index (κ2) is 4.90. The first-order valence-electron chi connectivity index (χ1n) is 6.25. The van der Waals surface area contributed by atoms with Gasteiger partial charge in [-0.05, 0) is 31.0 Å². The fraction of sp³-hybridized carbons (Fsp3) is 0.429. The summed E-state index contributed by atoms with van der Waals surface area (Å²) in [6.45, 7) is 3.87. The van der Waals surface area contributed by atoms with Crippen molar-refractivity contribution in [2.45, 2.75) is 38.7 Å². The minimum atomic E-state index is -0.896. The number of fused-ring (bicyclic) bond motifs is 1. The monoisotopic (exact) mass is 246 g/mol. The average Bonchev–Trinajstić information content (AvgIpc) is 2.36. The van der Waals surface area contributed by atoms with E-state index in [9.17, 15) is 9.90 Å². The smallest absolute Gasteiger partial charge is 0.258 e. The Hall–Kier alpha value is -1.68. The highest BCUT2D eigenvalue weighted by atomic mass is 16.3. The quantitative estimate of drug-likeness (QED) is 0.870. The van der Waals surface area contributed by atoms with Gasteiger partial charge in [-0.1, -0.05) is 25.8 Å². The molecule has 4 nitrogen and oxygen atoms in total. The zero-order valence-electron chi connectivity index (χ0n) is 10.7. The maximum absolute atomic E-state index is 11.7. The Balaban J connectivity index is 2.46. The van der Waals surface area contributed by atoms with Crippen LogP contribution in [0.25, 0.3) is 10.9 Å². The van der Waals surface area contributed by atoms with Crippen molar-refractivity contribution < 1.29 is 5.11 Å². The van der Waals surface area contributed by atoms with Crippen LogP contribution in [0.15, 0.2) is 29.3 Å². The number of H-pyrrole nitrogens is 1. The van der Waals surface area contributed by atoms with E-state index < -0.39 is 5.60 Å². The number of aliphatic hydroxyl groups is 1. The summed E-state index contributed by atoms with van der Waals surface area (Å²) >= 11 is 0. The van der Waals surface area contributed by atoms with Crippen molar-refractivity contribution in [3.63, 3.8) is 0 Å². The molecule has 0 saturated heterocycles. The van der Waals surface area contributed by atoms with E-state index in [1.807, 2.05) is 6.07 Å². The van der Waals surface area contributed by atoms with Crippen molar-refractivity contribution in [3.05, 3.63) is 40.4 Å². The van der Waals surface area contributed by atoms with Gasteiger partial charge in [0.1, 0.15) is 0 Å². The number of nitrogens with zero attached hydrogens (tertiary/aromatic N) is 1. The summed E-state index contributed by atoms with van der Waals surface area (Å²) in [6, 6.07) is 5.35. The molecular weight excluding hydrogens is 228 g/mol. The molecule has 18 heavy (non-hydrogen) atoms. The zero-order valence-corrected chi connectivity index (χ0v) is 10.7. The van der Waals surface area contributed by atoms with Crippen molar-refractivity contribution in [2.75, 3.05) is 0 Å². The molecule has 1 atom stereocenters. The lowest BCUT2D eigenvalue weighted by Gasteiger charge is -2.23. The van der Waals surface area contributed by atoms with Gasteiger partial charge in [0.25, 0.3) is 5.56 Å². The first-order chi connectivity index (χ1) is 8.54. The van der Waals surface area contributed by atoms with E-state index in [-0.39, 0.29) is 5.56 Å². The molecule has 2 rings (SSSR count). The number of nitrogens with one attached hydrogen (secondary N) is 1. The molecule has 0 saturated carbocycles. The summed E-state index contributed by atoms with van der Waals surface area (Å²) in [5.41, 5.74) is 0.343. The molecule has 0 fully saturated rings. The van der Waals surface area contributed by atoms with Gasteiger partial charge >= 0.3 is 0 Å². The number of unbranched alkanes of at least 4 members (excludes halogenated alkanes) is 1. The molecule has 0 aliphatic carbocycles. The topological polar surface area (TPSA) is 66.0 Å². The Morgan fingerprint density at radius 1 is 1.44 bits per heavy atom. The maximum Gasteiger partial charge on any atom is 0.258 e. The molecule has 0 aliphatic rings. The third kappa shape index (κ3) is 2.43. The van der Waals surface area contributed by atoms with E-state index >= 15 is 0 Å². The first kappa shape index (κ1) is 12.8. The first-order valence-corrected chi connectivity index (χ1v) is 6.25. The van der Waals surface area contributed by atoms with Crippen molar-refractivity contribution in [1.29, 1.82) is 0 Å². The number of aromatic nitrogens is 2. The lowest BCUT2D eigenvalue weighted by molar-refractivity contribution is 0.0455. The predicted molar refractivity (Wildman–Crippen MR) is 71.5 cm³/mol. The molecule has 4 heteroatoms. The molecule has 1 aromatic heterocycles. The van der Waals surface area contributed by atoms with Crippen LogP contribution < -0.4 is 5.56 Å². The Labute approximate surface area is 106 Å². The van der Waals surface area contributed by atoms with E-state index in [1.165, 1.54) is 6.33 Å². The Morgan fingerprint density at radius 2 is 2.22 bits per heavy atom. The van der Waals surface area contributed by atoms with Crippen LogP contribution in [-0.4, -0.2) is 15.1 Å². The van der Waals surface area contributed by atoms with E-state index in [2.05, 4.69) is 16.9 Å². The van der Waals surface area contributed by atoms with E-state index in [0.29, 0.717) is 17.3 Å². The summed E-state index contributed by atoms with van der Waals surface area (Å²) < 4.78 is 0. The maximum atomic E-state index is 11.7. The molecule has 0 amide bonds. The number of benzene rings is 1. The summed E-state index contributed by atoms with van der Waals surface area (Å²) in [5, 5.41) is 11.0. The highest BCUT2D eigenvalue weighted by molar-refractivity contribution is 5.78. The highest BCUT2D eigenvalue weighted by Crippen LogP contribution is 2.27. The molecule has 2 aromatic rings. The van der Waals surface area contributed by atoms with Crippen LogP contribution >= 0.6 is 0 Å². The summed E-state index contributed by atoms with van der Waals surface area (Å²) in [4.78, 5) is 18.3. The van der Waals surface area contributed by atoms with Gasteiger partial charge in [0.2, 0.25) is 0 Å². The van der Waals surface area contributed by atoms with Crippen LogP contribution in [0.5, 0.6) is 0 Å². The van der Waals surface area contributed by atoms with Gasteiger partial charge in [0, 0.05) is 0 Å². The molecule has 1 aromatic carbocycles. The SMILES string of the molecule is CCCCC(C)(O)c1ccc2nc[nH]c(=O)c2c1. The third-order valence-electron chi connectivity index (χ3n) is 3.28. The number of rotatable bonds is 4.